The molecule has 5 nitrogen and oxygen atoms in total. The minimum Gasteiger partial charge on any atom is -0.492 e. The summed E-state index contributed by atoms with van der Waals surface area (Å²) in [5.41, 5.74) is 0.299. The van der Waals surface area contributed by atoms with Gasteiger partial charge in [-0.15, -0.1) is 0 Å². The van der Waals surface area contributed by atoms with Crippen LogP contribution in [0.15, 0.2) is 24.3 Å². The number of hydrogen-bond acceptors (Lipinski definition) is 4. The summed E-state index contributed by atoms with van der Waals surface area (Å²) in [4.78, 5) is 11.3. The van der Waals surface area contributed by atoms with Crippen LogP contribution in [0.2, 0.25) is 0 Å². The highest BCUT2D eigenvalue weighted by molar-refractivity contribution is 7.92. The lowest BCUT2D eigenvalue weighted by Gasteiger charge is -2.28. The van der Waals surface area contributed by atoms with Crippen molar-refractivity contribution >= 4 is 32.6 Å². The Labute approximate surface area is 118 Å². The van der Waals surface area contributed by atoms with Crippen LogP contribution < -0.4 is 9.04 Å². The van der Waals surface area contributed by atoms with Crippen molar-refractivity contribution in [2.45, 2.75) is 19.9 Å². The topological polar surface area (TPSA) is 63.7 Å². The van der Waals surface area contributed by atoms with Crippen LogP contribution >= 0.6 is 11.6 Å². The van der Waals surface area contributed by atoms with E-state index in [1.807, 2.05) is 0 Å². The SMILES string of the molecule is CCOc1ccccc1N(C(C)C(=O)Cl)S(C)(=O)=O. The summed E-state index contributed by atoms with van der Waals surface area (Å²) in [7, 11) is -3.65. The van der Waals surface area contributed by atoms with Crippen LogP contribution in [0.25, 0.3) is 0 Å². The van der Waals surface area contributed by atoms with E-state index in [0.29, 0.717) is 18.0 Å². The first-order valence-corrected chi connectivity index (χ1v) is 7.92. The number of halogens is 1. The second kappa shape index (κ2) is 6.25. The molecular weight excluding hydrogens is 290 g/mol. The molecule has 19 heavy (non-hydrogen) atoms. The fourth-order valence-corrected chi connectivity index (χ4v) is 3.02. The number of rotatable bonds is 6. The summed E-state index contributed by atoms with van der Waals surface area (Å²) < 4.78 is 30.1. The third kappa shape index (κ3) is 3.84. The van der Waals surface area contributed by atoms with Gasteiger partial charge in [0, 0.05) is 0 Å². The van der Waals surface area contributed by atoms with E-state index < -0.39 is 21.3 Å². The largest absolute Gasteiger partial charge is 0.492 e. The standard InChI is InChI=1S/C12H16ClNO4S/c1-4-18-11-8-6-5-7-10(11)14(19(3,16)17)9(2)12(13)15/h5-9H,4H2,1-3H3. The summed E-state index contributed by atoms with van der Waals surface area (Å²) in [6, 6.07) is 5.60. The summed E-state index contributed by atoms with van der Waals surface area (Å²) in [5.74, 6) is 0.389. The molecule has 0 bridgehead atoms. The van der Waals surface area contributed by atoms with Crippen molar-refractivity contribution in [3.05, 3.63) is 24.3 Å². The van der Waals surface area contributed by atoms with Crippen LogP contribution in [0.3, 0.4) is 0 Å². The molecule has 1 unspecified atom stereocenters. The third-order valence-corrected chi connectivity index (χ3v) is 3.98. The summed E-state index contributed by atoms with van der Waals surface area (Å²) >= 11 is 5.42. The lowest BCUT2D eigenvalue weighted by molar-refractivity contribution is -0.112. The lowest BCUT2D eigenvalue weighted by atomic mass is 10.2. The van der Waals surface area contributed by atoms with Crippen LogP contribution in [-0.2, 0) is 14.8 Å². The number of carbonyl (C=O) groups is 1. The maximum absolute atomic E-state index is 11.9. The quantitative estimate of drug-likeness (QED) is 0.754. The zero-order valence-electron chi connectivity index (χ0n) is 11.0. The van der Waals surface area contributed by atoms with Crippen LogP contribution in [0, 0.1) is 0 Å². The average molecular weight is 306 g/mol. The Morgan fingerprint density at radius 2 is 2.00 bits per heavy atom. The van der Waals surface area contributed by atoms with Gasteiger partial charge in [0.1, 0.15) is 11.8 Å². The van der Waals surface area contributed by atoms with Gasteiger partial charge in [-0.2, -0.15) is 0 Å². The predicted octanol–water partition coefficient (Wildman–Crippen LogP) is 2.01. The van der Waals surface area contributed by atoms with E-state index >= 15 is 0 Å². The van der Waals surface area contributed by atoms with E-state index in [1.165, 1.54) is 6.92 Å². The second-order valence-corrected chi connectivity index (χ2v) is 6.17. The molecule has 106 valence electrons. The van der Waals surface area contributed by atoms with E-state index in [2.05, 4.69) is 0 Å². The molecule has 1 aromatic carbocycles. The Bertz CT molecular complexity index is 559. The van der Waals surface area contributed by atoms with Crippen molar-refractivity contribution in [3.8, 4) is 5.75 Å². The number of anilines is 1. The summed E-state index contributed by atoms with van der Waals surface area (Å²) in [6.45, 7) is 3.61. The minimum absolute atomic E-state index is 0.299. The molecule has 0 aliphatic heterocycles. The van der Waals surface area contributed by atoms with Gasteiger partial charge in [0.25, 0.3) is 0 Å². The summed E-state index contributed by atoms with van der Waals surface area (Å²) in [5, 5.41) is -0.753. The van der Waals surface area contributed by atoms with Gasteiger partial charge in [0.2, 0.25) is 15.3 Å². The molecule has 0 saturated heterocycles. The van der Waals surface area contributed by atoms with Crippen molar-refractivity contribution in [2.24, 2.45) is 0 Å². The lowest BCUT2D eigenvalue weighted by Crippen LogP contribution is -2.41. The molecule has 0 fully saturated rings. The first kappa shape index (κ1) is 15.8. The van der Waals surface area contributed by atoms with Crippen molar-refractivity contribution in [1.29, 1.82) is 0 Å². The highest BCUT2D eigenvalue weighted by Gasteiger charge is 2.30. The van der Waals surface area contributed by atoms with E-state index in [4.69, 9.17) is 16.3 Å². The molecule has 1 atom stereocenters. The van der Waals surface area contributed by atoms with Crippen LogP contribution in [-0.4, -0.2) is 32.6 Å². The predicted molar refractivity (Wildman–Crippen MR) is 75.3 cm³/mol. The molecule has 0 heterocycles. The fourth-order valence-electron chi connectivity index (χ4n) is 1.68. The van der Waals surface area contributed by atoms with Crippen molar-refractivity contribution in [2.75, 3.05) is 17.2 Å². The van der Waals surface area contributed by atoms with Gasteiger partial charge >= 0.3 is 0 Å². The fraction of sp³-hybridized carbons (Fsp3) is 0.417. The van der Waals surface area contributed by atoms with Gasteiger partial charge in [-0.25, -0.2) is 8.42 Å². The second-order valence-electron chi connectivity index (χ2n) is 3.94. The summed E-state index contributed by atoms with van der Waals surface area (Å²) in [6.07, 6.45) is 1.02. The molecule has 0 N–H and O–H groups in total. The van der Waals surface area contributed by atoms with E-state index in [0.717, 1.165) is 10.6 Å². The first-order chi connectivity index (χ1) is 8.79. The number of benzene rings is 1. The monoisotopic (exact) mass is 305 g/mol. The molecule has 0 aliphatic rings. The van der Waals surface area contributed by atoms with E-state index in [1.54, 1.807) is 31.2 Å². The molecule has 0 spiro atoms. The zero-order chi connectivity index (χ0) is 14.6. The van der Waals surface area contributed by atoms with Crippen LogP contribution in [0.4, 0.5) is 5.69 Å². The Hall–Kier alpha value is -1.27. The normalized spacial score (nSPS) is 12.8. The Morgan fingerprint density at radius 3 is 2.47 bits per heavy atom. The van der Waals surface area contributed by atoms with Crippen molar-refractivity contribution in [3.63, 3.8) is 0 Å². The van der Waals surface area contributed by atoms with Gasteiger partial charge in [0.05, 0.1) is 18.6 Å². The highest BCUT2D eigenvalue weighted by Crippen LogP contribution is 2.31. The average Bonchev–Trinajstić information content (AvgIpc) is 2.30. The van der Waals surface area contributed by atoms with Gasteiger partial charge in [-0.1, -0.05) is 12.1 Å². The maximum Gasteiger partial charge on any atom is 0.245 e. The smallest absolute Gasteiger partial charge is 0.245 e. The minimum atomic E-state index is -3.65. The van der Waals surface area contributed by atoms with Crippen molar-refractivity contribution in [1.82, 2.24) is 0 Å². The number of para-hydroxylation sites is 2. The molecule has 0 aromatic heterocycles. The van der Waals surface area contributed by atoms with Gasteiger partial charge in [0.15, 0.2) is 0 Å². The number of sulfonamides is 1. The van der Waals surface area contributed by atoms with Gasteiger partial charge in [-0.3, -0.25) is 9.10 Å². The molecule has 0 amide bonds. The molecule has 0 radical (unpaired) electrons. The number of carbonyl (C=O) groups excluding carboxylic acids is 1. The number of hydrogen-bond donors (Lipinski definition) is 0. The van der Waals surface area contributed by atoms with Crippen molar-refractivity contribution < 1.29 is 17.9 Å². The molecular formula is C12H16ClNO4S. The molecule has 1 rings (SSSR count). The third-order valence-electron chi connectivity index (χ3n) is 2.44. The molecule has 7 heteroatoms. The molecule has 0 saturated carbocycles. The first-order valence-electron chi connectivity index (χ1n) is 5.69. The number of ether oxygens (including phenoxy) is 1. The number of nitrogens with zero attached hydrogens (tertiary/aromatic N) is 1. The van der Waals surface area contributed by atoms with Crippen LogP contribution in [0.1, 0.15) is 13.8 Å². The van der Waals surface area contributed by atoms with Gasteiger partial charge in [-0.05, 0) is 37.6 Å². The highest BCUT2D eigenvalue weighted by atomic mass is 35.5. The van der Waals surface area contributed by atoms with E-state index in [9.17, 15) is 13.2 Å². The maximum atomic E-state index is 11.9. The zero-order valence-corrected chi connectivity index (χ0v) is 12.5. The Balaban J connectivity index is 3.38. The molecule has 0 aliphatic carbocycles. The van der Waals surface area contributed by atoms with Gasteiger partial charge < -0.3 is 4.74 Å². The van der Waals surface area contributed by atoms with E-state index in [-0.39, 0.29) is 0 Å². The Kier molecular flexibility index (Phi) is 5.20. The van der Waals surface area contributed by atoms with Crippen LogP contribution in [0.5, 0.6) is 5.75 Å². The molecule has 1 aromatic rings. The Morgan fingerprint density at radius 1 is 1.42 bits per heavy atom.